The smallest absolute Gasteiger partial charge is 0.317 e. The first-order chi connectivity index (χ1) is 11.9. The third-order valence-electron chi connectivity index (χ3n) is 4.70. The topological polar surface area (TPSA) is 60.9 Å². The standard InChI is InChI=1S/C18H24Cl2N2O3/c1-2-21(12-18(24)25)15-7-9-22(10-8-15)17(23)6-4-13-3-5-14(19)11-16(13)20/h3,5,11,15H,2,4,6-10,12H2,1H3,(H,24,25). The number of nitrogens with zero attached hydrogens (tertiary/aromatic N) is 2. The first-order valence-corrected chi connectivity index (χ1v) is 9.33. The van der Waals surface area contributed by atoms with Crippen LogP contribution >= 0.6 is 23.2 Å². The summed E-state index contributed by atoms with van der Waals surface area (Å²) in [6, 6.07) is 5.56. The number of carbonyl (C=O) groups excluding carboxylic acids is 1. The number of carboxylic acids is 1. The highest BCUT2D eigenvalue weighted by molar-refractivity contribution is 6.35. The Kier molecular flexibility index (Phi) is 7.54. The Hall–Kier alpha value is -1.30. The van der Waals surface area contributed by atoms with Crippen LogP contribution in [-0.4, -0.2) is 59.0 Å². The maximum absolute atomic E-state index is 12.4. The molecule has 0 spiro atoms. The molecular formula is C18H24Cl2N2O3. The number of aliphatic carboxylic acids is 1. The van der Waals surface area contributed by atoms with E-state index in [2.05, 4.69) is 0 Å². The van der Waals surface area contributed by atoms with Crippen LogP contribution in [0, 0.1) is 0 Å². The summed E-state index contributed by atoms with van der Waals surface area (Å²) in [7, 11) is 0. The summed E-state index contributed by atoms with van der Waals surface area (Å²) in [6.45, 7) is 4.09. The minimum Gasteiger partial charge on any atom is -0.480 e. The summed E-state index contributed by atoms with van der Waals surface area (Å²) in [5.41, 5.74) is 0.924. The van der Waals surface area contributed by atoms with Crippen LogP contribution < -0.4 is 0 Å². The van der Waals surface area contributed by atoms with Crippen molar-refractivity contribution in [3.63, 3.8) is 0 Å². The number of likely N-dealkylation sites (tertiary alicyclic amines) is 1. The molecule has 0 saturated carbocycles. The number of aryl methyl sites for hydroxylation is 1. The molecule has 2 rings (SSSR count). The van der Waals surface area contributed by atoms with E-state index >= 15 is 0 Å². The van der Waals surface area contributed by atoms with Gasteiger partial charge in [-0.25, -0.2) is 0 Å². The second-order valence-electron chi connectivity index (χ2n) is 6.30. The molecule has 0 atom stereocenters. The predicted octanol–water partition coefficient (Wildman–Crippen LogP) is 3.32. The molecule has 1 amide bonds. The Morgan fingerprint density at radius 3 is 2.52 bits per heavy atom. The largest absolute Gasteiger partial charge is 0.480 e. The van der Waals surface area contributed by atoms with Crippen LogP contribution in [0.1, 0.15) is 31.7 Å². The van der Waals surface area contributed by atoms with Crippen LogP contribution in [0.5, 0.6) is 0 Å². The highest BCUT2D eigenvalue weighted by Gasteiger charge is 2.27. The third-order valence-corrected chi connectivity index (χ3v) is 5.29. The fourth-order valence-electron chi connectivity index (χ4n) is 3.28. The Bertz CT molecular complexity index is 616. The van der Waals surface area contributed by atoms with Gasteiger partial charge >= 0.3 is 5.97 Å². The Morgan fingerprint density at radius 2 is 1.96 bits per heavy atom. The number of carbonyl (C=O) groups is 2. The fourth-order valence-corrected chi connectivity index (χ4v) is 3.78. The second kappa shape index (κ2) is 9.41. The van der Waals surface area contributed by atoms with Gasteiger partial charge in [0.15, 0.2) is 0 Å². The molecule has 0 unspecified atom stereocenters. The summed E-state index contributed by atoms with van der Waals surface area (Å²) < 4.78 is 0. The van der Waals surface area contributed by atoms with E-state index in [-0.39, 0.29) is 18.5 Å². The zero-order chi connectivity index (χ0) is 18.4. The van der Waals surface area contributed by atoms with E-state index in [1.165, 1.54) is 0 Å². The molecule has 1 fully saturated rings. The zero-order valence-corrected chi connectivity index (χ0v) is 15.9. The van der Waals surface area contributed by atoms with Crippen molar-refractivity contribution >= 4 is 35.1 Å². The summed E-state index contributed by atoms with van der Waals surface area (Å²) in [6.07, 6.45) is 2.64. The van der Waals surface area contributed by atoms with Crippen LogP contribution in [0.25, 0.3) is 0 Å². The Balaban J connectivity index is 1.81. The molecule has 1 N–H and O–H groups in total. The SMILES string of the molecule is CCN(CC(=O)O)C1CCN(C(=O)CCc2ccc(Cl)cc2Cl)CC1. The quantitative estimate of drug-likeness (QED) is 0.780. The molecule has 0 radical (unpaired) electrons. The van der Waals surface area contributed by atoms with Crippen LogP contribution in [0.15, 0.2) is 18.2 Å². The van der Waals surface area contributed by atoms with Gasteiger partial charge in [-0.15, -0.1) is 0 Å². The Morgan fingerprint density at radius 1 is 1.28 bits per heavy atom. The second-order valence-corrected chi connectivity index (χ2v) is 7.15. The maximum atomic E-state index is 12.4. The molecule has 1 aliphatic heterocycles. The van der Waals surface area contributed by atoms with Gasteiger partial charge in [-0.2, -0.15) is 0 Å². The van der Waals surface area contributed by atoms with Crippen molar-refractivity contribution in [2.45, 2.75) is 38.6 Å². The molecule has 0 bridgehead atoms. The van der Waals surface area contributed by atoms with Gasteiger partial charge in [-0.1, -0.05) is 36.2 Å². The lowest BCUT2D eigenvalue weighted by atomic mass is 10.0. The molecule has 5 nitrogen and oxygen atoms in total. The van der Waals surface area contributed by atoms with Crippen LogP contribution in [0.3, 0.4) is 0 Å². The van der Waals surface area contributed by atoms with Crippen molar-refractivity contribution in [2.75, 3.05) is 26.2 Å². The summed E-state index contributed by atoms with van der Waals surface area (Å²) in [4.78, 5) is 27.2. The van der Waals surface area contributed by atoms with Crippen molar-refractivity contribution in [1.29, 1.82) is 0 Å². The molecule has 1 heterocycles. The molecular weight excluding hydrogens is 363 g/mol. The number of piperidine rings is 1. The van der Waals surface area contributed by atoms with Gasteiger partial charge in [-0.05, 0) is 43.5 Å². The van der Waals surface area contributed by atoms with Gasteiger partial charge in [-0.3, -0.25) is 14.5 Å². The van der Waals surface area contributed by atoms with Crippen molar-refractivity contribution in [3.8, 4) is 0 Å². The zero-order valence-electron chi connectivity index (χ0n) is 14.4. The highest BCUT2D eigenvalue weighted by Crippen LogP contribution is 2.23. The van der Waals surface area contributed by atoms with Crippen molar-refractivity contribution in [2.24, 2.45) is 0 Å². The lowest BCUT2D eigenvalue weighted by molar-refractivity contribution is -0.140. The number of likely N-dealkylation sites (N-methyl/N-ethyl adjacent to an activating group) is 1. The predicted molar refractivity (Wildman–Crippen MR) is 99.3 cm³/mol. The lowest BCUT2D eigenvalue weighted by Crippen LogP contribution is -2.48. The van der Waals surface area contributed by atoms with E-state index in [1.54, 1.807) is 12.1 Å². The number of rotatable bonds is 7. The molecule has 25 heavy (non-hydrogen) atoms. The summed E-state index contributed by atoms with van der Waals surface area (Å²) in [5, 5.41) is 10.2. The maximum Gasteiger partial charge on any atom is 0.317 e. The van der Waals surface area contributed by atoms with E-state index in [0.717, 1.165) is 18.4 Å². The molecule has 138 valence electrons. The van der Waals surface area contributed by atoms with E-state index in [4.69, 9.17) is 28.3 Å². The number of halogens is 2. The fraction of sp³-hybridized carbons (Fsp3) is 0.556. The molecule has 0 aliphatic carbocycles. The number of hydrogen-bond acceptors (Lipinski definition) is 3. The van der Waals surface area contributed by atoms with Gasteiger partial charge in [0.2, 0.25) is 5.91 Å². The molecule has 1 saturated heterocycles. The number of benzene rings is 1. The minimum absolute atomic E-state index is 0.0597. The van der Waals surface area contributed by atoms with Gasteiger partial charge in [0.25, 0.3) is 0 Å². The van der Waals surface area contributed by atoms with Crippen LogP contribution in [0.4, 0.5) is 0 Å². The van der Waals surface area contributed by atoms with Crippen molar-refractivity contribution in [1.82, 2.24) is 9.80 Å². The van der Waals surface area contributed by atoms with Gasteiger partial charge in [0, 0.05) is 35.6 Å². The monoisotopic (exact) mass is 386 g/mol. The number of hydrogen-bond donors (Lipinski definition) is 1. The van der Waals surface area contributed by atoms with Crippen molar-refractivity contribution in [3.05, 3.63) is 33.8 Å². The van der Waals surface area contributed by atoms with E-state index in [9.17, 15) is 9.59 Å². The number of amides is 1. The molecule has 1 aliphatic rings. The molecule has 1 aromatic rings. The van der Waals surface area contributed by atoms with Gasteiger partial charge in [0.1, 0.15) is 0 Å². The average molecular weight is 387 g/mol. The van der Waals surface area contributed by atoms with Gasteiger partial charge in [0.05, 0.1) is 6.54 Å². The minimum atomic E-state index is -0.805. The first kappa shape index (κ1) is 20.0. The third kappa shape index (κ3) is 5.87. The van der Waals surface area contributed by atoms with Crippen molar-refractivity contribution < 1.29 is 14.7 Å². The van der Waals surface area contributed by atoms with E-state index in [0.29, 0.717) is 42.5 Å². The molecule has 1 aromatic carbocycles. The van der Waals surface area contributed by atoms with Crippen LogP contribution in [-0.2, 0) is 16.0 Å². The normalized spacial score (nSPS) is 15.6. The van der Waals surface area contributed by atoms with Gasteiger partial charge < -0.3 is 10.0 Å². The highest BCUT2D eigenvalue weighted by atomic mass is 35.5. The van der Waals surface area contributed by atoms with Crippen LogP contribution in [0.2, 0.25) is 10.0 Å². The molecule has 0 aromatic heterocycles. The van der Waals surface area contributed by atoms with E-state index < -0.39 is 5.97 Å². The van der Waals surface area contributed by atoms with E-state index in [1.807, 2.05) is 22.8 Å². The average Bonchev–Trinajstić information content (AvgIpc) is 2.58. The summed E-state index contributed by atoms with van der Waals surface area (Å²) >= 11 is 12.0. The first-order valence-electron chi connectivity index (χ1n) is 8.58. The number of carboxylic acid groups (broad SMARTS) is 1. The lowest BCUT2D eigenvalue weighted by Gasteiger charge is -2.37. The molecule has 7 heteroatoms. The summed E-state index contributed by atoms with van der Waals surface area (Å²) in [5.74, 6) is -0.689. The Labute approximate surface area is 158 Å².